The number of phenols is 1. The quantitative estimate of drug-likeness (QED) is 0.792. The van der Waals surface area contributed by atoms with Gasteiger partial charge in [-0.05, 0) is 56.8 Å². The van der Waals surface area contributed by atoms with E-state index in [1.165, 1.54) is 6.42 Å². The van der Waals surface area contributed by atoms with Gasteiger partial charge in [0, 0.05) is 12.5 Å². The molecule has 0 spiro atoms. The van der Waals surface area contributed by atoms with Crippen molar-refractivity contribution in [1.29, 1.82) is 0 Å². The maximum Gasteiger partial charge on any atom is 0.220 e. The first-order chi connectivity index (χ1) is 12.2. The van der Waals surface area contributed by atoms with Crippen molar-refractivity contribution in [3.8, 4) is 22.8 Å². The summed E-state index contributed by atoms with van der Waals surface area (Å²) >= 11 is 0. The Labute approximate surface area is 147 Å². The molecule has 25 heavy (non-hydrogen) atoms. The summed E-state index contributed by atoms with van der Waals surface area (Å²) in [5.74, 6) is 1.37. The van der Waals surface area contributed by atoms with Crippen molar-refractivity contribution < 1.29 is 9.84 Å². The average molecular weight is 340 g/mol. The van der Waals surface area contributed by atoms with Gasteiger partial charge in [0.05, 0.1) is 23.1 Å². The molecule has 2 aliphatic rings. The lowest BCUT2D eigenvalue weighted by atomic mass is 9.94. The van der Waals surface area contributed by atoms with Gasteiger partial charge in [0.1, 0.15) is 11.5 Å². The second kappa shape index (κ2) is 6.88. The van der Waals surface area contributed by atoms with E-state index >= 15 is 0 Å². The number of nitrogens with zero attached hydrogens (tertiary/aromatic N) is 2. The first-order valence-corrected chi connectivity index (χ1v) is 9.05. The van der Waals surface area contributed by atoms with Crippen molar-refractivity contribution in [3.05, 3.63) is 30.0 Å². The van der Waals surface area contributed by atoms with E-state index in [2.05, 4.69) is 15.3 Å². The lowest BCUT2D eigenvalue weighted by Gasteiger charge is -2.27. The average Bonchev–Trinajstić information content (AvgIpc) is 2.58. The van der Waals surface area contributed by atoms with Gasteiger partial charge in [-0.3, -0.25) is 0 Å². The van der Waals surface area contributed by atoms with Crippen LogP contribution in [0.4, 0.5) is 5.95 Å². The monoisotopic (exact) mass is 340 g/mol. The molecule has 1 unspecified atom stereocenters. The second-order valence-corrected chi connectivity index (χ2v) is 6.90. The Morgan fingerprint density at radius 2 is 2.04 bits per heavy atom. The minimum absolute atomic E-state index is 0.155. The summed E-state index contributed by atoms with van der Waals surface area (Å²) in [6, 6.07) is 7.27. The normalized spacial score (nSPS) is 20.9. The Morgan fingerprint density at radius 3 is 2.76 bits per heavy atom. The Balaban J connectivity index is 1.72. The van der Waals surface area contributed by atoms with Gasteiger partial charge in [0.2, 0.25) is 5.95 Å². The van der Waals surface area contributed by atoms with E-state index in [1.807, 2.05) is 12.1 Å². The molecule has 1 saturated heterocycles. The number of phenolic OH excluding ortho intramolecular Hbond substituents is 1. The third-order valence-corrected chi connectivity index (χ3v) is 5.08. The van der Waals surface area contributed by atoms with E-state index in [0.717, 1.165) is 44.5 Å². The molecular formula is C19H24N4O2. The highest BCUT2D eigenvalue weighted by molar-refractivity contribution is 5.74. The summed E-state index contributed by atoms with van der Waals surface area (Å²) in [6.07, 6.45) is 5.73. The number of piperidine rings is 1. The van der Waals surface area contributed by atoms with Crippen molar-refractivity contribution in [2.24, 2.45) is 0 Å². The van der Waals surface area contributed by atoms with E-state index in [9.17, 15) is 5.11 Å². The van der Waals surface area contributed by atoms with E-state index in [1.54, 1.807) is 12.1 Å². The number of aromatic nitrogens is 2. The summed E-state index contributed by atoms with van der Waals surface area (Å²) in [4.78, 5) is 8.81. The maximum atomic E-state index is 10.4. The number of benzene rings is 1. The van der Waals surface area contributed by atoms with E-state index < -0.39 is 0 Å². The smallest absolute Gasteiger partial charge is 0.220 e. The molecular weight excluding hydrogens is 316 g/mol. The van der Waals surface area contributed by atoms with E-state index in [-0.39, 0.29) is 17.8 Å². The van der Waals surface area contributed by atoms with Gasteiger partial charge in [0.25, 0.3) is 0 Å². The molecule has 1 aromatic carbocycles. The number of hydrogen-bond acceptors (Lipinski definition) is 6. The zero-order chi connectivity index (χ0) is 17.2. The van der Waals surface area contributed by atoms with Crippen LogP contribution in [-0.4, -0.2) is 34.3 Å². The molecule has 6 nitrogen and oxygen atoms in total. The summed E-state index contributed by atoms with van der Waals surface area (Å²) in [7, 11) is 0. The van der Waals surface area contributed by atoms with Crippen LogP contribution in [0.5, 0.6) is 11.5 Å². The van der Waals surface area contributed by atoms with E-state index in [4.69, 9.17) is 10.5 Å². The number of rotatable bonds is 4. The summed E-state index contributed by atoms with van der Waals surface area (Å²) < 4.78 is 6.07. The van der Waals surface area contributed by atoms with Crippen LogP contribution in [0.15, 0.2) is 24.3 Å². The lowest BCUT2D eigenvalue weighted by Crippen LogP contribution is -2.29. The van der Waals surface area contributed by atoms with Crippen molar-refractivity contribution in [2.75, 3.05) is 18.8 Å². The Morgan fingerprint density at radius 1 is 1.16 bits per heavy atom. The molecule has 1 aliphatic carbocycles. The molecule has 1 saturated carbocycles. The highest BCUT2D eigenvalue weighted by Gasteiger charge is 2.24. The van der Waals surface area contributed by atoms with Crippen LogP contribution in [0.1, 0.15) is 43.7 Å². The number of anilines is 1. The Hall–Kier alpha value is -2.34. The zero-order valence-electron chi connectivity index (χ0n) is 14.2. The van der Waals surface area contributed by atoms with Crippen LogP contribution < -0.4 is 15.8 Å². The molecule has 1 aromatic heterocycles. The van der Waals surface area contributed by atoms with Gasteiger partial charge >= 0.3 is 0 Å². The molecule has 1 aliphatic heterocycles. The molecule has 1 atom stereocenters. The fraction of sp³-hybridized carbons (Fsp3) is 0.474. The number of nitrogens with two attached hydrogens (primary N) is 1. The number of nitrogen functional groups attached to an aromatic ring is 1. The molecule has 4 rings (SSSR count). The molecule has 2 heterocycles. The Kier molecular flexibility index (Phi) is 4.44. The van der Waals surface area contributed by atoms with Gasteiger partial charge in [-0.1, -0.05) is 6.07 Å². The second-order valence-electron chi connectivity index (χ2n) is 6.90. The molecule has 4 N–H and O–H groups in total. The zero-order valence-corrected chi connectivity index (χ0v) is 14.2. The first kappa shape index (κ1) is 16.1. The SMILES string of the molecule is Nc1nc(-c2c(O)cccc2OC2CCC2)cc(C2CCCNC2)n1. The van der Waals surface area contributed by atoms with Gasteiger partial charge in [0.15, 0.2) is 0 Å². The van der Waals surface area contributed by atoms with Crippen LogP contribution in [-0.2, 0) is 0 Å². The van der Waals surface area contributed by atoms with Gasteiger partial charge in [-0.25, -0.2) is 9.97 Å². The number of hydrogen-bond donors (Lipinski definition) is 3. The van der Waals surface area contributed by atoms with Gasteiger partial charge in [-0.2, -0.15) is 0 Å². The number of aromatic hydroxyl groups is 1. The van der Waals surface area contributed by atoms with Crippen LogP contribution in [0.3, 0.4) is 0 Å². The molecule has 6 heteroatoms. The van der Waals surface area contributed by atoms with Crippen LogP contribution in [0.2, 0.25) is 0 Å². The topological polar surface area (TPSA) is 93.3 Å². The predicted molar refractivity (Wildman–Crippen MR) is 96.7 cm³/mol. The highest BCUT2D eigenvalue weighted by atomic mass is 16.5. The molecule has 0 bridgehead atoms. The van der Waals surface area contributed by atoms with Crippen LogP contribution in [0.25, 0.3) is 11.3 Å². The van der Waals surface area contributed by atoms with Crippen molar-refractivity contribution in [2.45, 2.75) is 44.1 Å². The summed E-state index contributed by atoms with van der Waals surface area (Å²) in [5.41, 5.74) is 8.13. The fourth-order valence-electron chi connectivity index (χ4n) is 3.47. The maximum absolute atomic E-state index is 10.4. The van der Waals surface area contributed by atoms with Crippen molar-refractivity contribution in [1.82, 2.24) is 15.3 Å². The number of nitrogens with one attached hydrogen (secondary N) is 1. The summed E-state index contributed by atoms with van der Waals surface area (Å²) in [6.45, 7) is 1.94. The van der Waals surface area contributed by atoms with Gasteiger partial charge in [-0.15, -0.1) is 0 Å². The summed E-state index contributed by atoms with van der Waals surface area (Å²) in [5, 5.41) is 13.8. The van der Waals surface area contributed by atoms with E-state index in [0.29, 0.717) is 22.9 Å². The first-order valence-electron chi connectivity index (χ1n) is 9.05. The predicted octanol–water partition coefficient (Wildman–Crippen LogP) is 2.83. The van der Waals surface area contributed by atoms with Crippen LogP contribution in [0, 0.1) is 0 Å². The molecule has 132 valence electrons. The minimum atomic E-state index is 0.155. The van der Waals surface area contributed by atoms with Crippen LogP contribution >= 0.6 is 0 Å². The standard InChI is InChI=1S/C19H24N4O2/c20-19-22-14(12-4-3-9-21-11-12)10-15(23-19)18-16(24)7-2-8-17(18)25-13-5-1-6-13/h2,7-8,10,12-13,21,24H,1,3-6,9,11H2,(H2,20,22,23). The van der Waals surface area contributed by atoms with Crippen molar-refractivity contribution >= 4 is 5.95 Å². The van der Waals surface area contributed by atoms with Crippen molar-refractivity contribution in [3.63, 3.8) is 0 Å². The largest absolute Gasteiger partial charge is 0.507 e. The minimum Gasteiger partial charge on any atom is -0.507 e. The third kappa shape index (κ3) is 3.39. The molecule has 0 radical (unpaired) electrons. The van der Waals surface area contributed by atoms with Gasteiger partial charge < -0.3 is 20.9 Å². The lowest BCUT2D eigenvalue weighted by molar-refractivity contribution is 0.120. The third-order valence-electron chi connectivity index (χ3n) is 5.08. The fourth-order valence-corrected chi connectivity index (χ4v) is 3.47. The highest BCUT2D eigenvalue weighted by Crippen LogP contribution is 2.40. The molecule has 2 aromatic rings. The number of ether oxygens (including phenoxy) is 1. The molecule has 2 fully saturated rings. The molecule has 0 amide bonds. The Bertz CT molecular complexity index is 755.